The van der Waals surface area contributed by atoms with Gasteiger partial charge in [-0.2, -0.15) is 4.98 Å². The van der Waals surface area contributed by atoms with Crippen molar-refractivity contribution in [3.63, 3.8) is 0 Å². The van der Waals surface area contributed by atoms with Crippen LogP contribution in [-0.4, -0.2) is 41.1 Å². The van der Waals surface area contributed by atoms with Gasteiger partial charge in [-0.05, 0) is 18.2 Å². The molecule has 0 saturated carbocycles. The lowest BCUT2D eigenvalue weighted by molar-refractivity contribution is 0.0564. The number of para-hydroxylation sites is 1. The van der Waals surface area contributed by atoms with Gasteiger partial charge in [-0.25, -0.2) is 4.39 Å². The van der Waals surface area contributed by atoms with Crippen LogP contribution in [0.15, 0.2) is 53.1 Å². The molecule has 1 aliphatic rings. The van der Waals surface area contributed by atoms with E-state index in [1.165, 1.54) is 12.1 Å². The predicted octanol–water partition coefficient (Wildman–Crippen LogP) is 3.05. The standard InChI is InChI=1S/C20H18FN3O3/c1-26-17-9-5-2-6-13(17)10-18-22-19(27-23-18)14-11-24(12-14)20(25)15-7-3-4-8-16(15)21/h2-9,14H,10-12H2,1H3. The van der Waals surface area contributed by atoms with Gasteiger partial charge in [-0.1, -0.05) is 35.5 Å². The third-order valence-corrected chi connectivity index (χ3v) is 4.65. The number of nitrogens with zero attached hydrogens (tertiary/aromatic N) is 3. The summed E-state index contributed by atoms with van der Waals surface area (Å²) in [6.07, 6.45) is 0.498. The second kappa shape index (κ2) is 7.19. The van der Waals surface area contributed by atoms with Gasteiger partial charge in [0, 0.05) is 25.1 Å². The molecule has 2 aromatic carbocycles. The Morgan fingerprint density at radius 3 is 2.74 bits per heavy atom. The highest BCUT2D eigenvalue weighted by Crippen LogP contribution is 2.28. The third-order valence-electron chi connectivity index (χ3n) is 4.65. The molecule has 1 saturated heterocycles. The van der Waals surface area contributed by atoms with Crippen LogP contribution in [-0.2, 0) is 6.42 Å². The van der Waals surface area contributed by atoms with Crippen LogP contribution in [0.2, 0.25) is 0 Å². The Morgan fingerprint density at radius 1 is 1.22 bits per heavy atom. The number of methoxy groups -OCH3 is 1. The normalized spacial score (nSPS) is 14.1. The highest BCUT2D eigenvalue weighted by molar-refractivity contribution is 5.95. The van der Waals surface area contributed by atoms with Crippen LogP contribution in [0.1, 0.15) is 33.6 Å². The number of carbonyl (C=O) groups excluding carboxylic acids is 1. The number of aromatic nitrogens is 2. The van der Waals surface area contributed by atoms with E-state index in [2.05, 4.69) is 10.1 Å². The minimum Gasteiger partial charge on any atom is -0.496 e. The maximum Gasteiger partial charge on any atom is 0.256 e. The Balaban J connectivity index is 1.39. The first-order valence-corrected chi connectivity index (χ1v) is 8.64. The molecule has 1 fully saturated rings. The topological polar surface area (TPSA) is 68.5 Å². The van der Waals surface area contributed by atoms with E-state index in [4.69, 9.17) is 9.26 Å². The molecule has 2 heterocycles. The molecular weight excluding hydrogens is 349 g/mol. The fraction of sp³-hybridized carbons (Fsp3) is 0.250. The maximum absolute atomic E-state index is 13.8. The van der Waals surface area contributed by atoms with E-state index >= 15 is 0 Å². The van der Waals surface area contributed by atoms with Crippen molar-refractivity contribution < 1.29 is 18.4 Å². The monoisotopic (exact) mass is 367 g/mol. The van der Waals surface area contributed by atoms with E-state index < -0.39 is 5.82 Å². The largest absolute Gasteiger partial charge is 0.496 e. The van der Waals surface area contributed by atoms with Gasteiger partial charge in [0.2, 0.25) is 5.89 Å². The maximum atomic E-state index is 13.8. The van der Waals surface area contributed by atoms with Crippen LogP contribution >= 0.6 is 0 Å². The Labute approximate surface area is 155 Å². The Hall–Kier alpha value is -3.22. The molecule has 3 aromatic rings. The van der Waals surface area contributed by atoms with E-state index in [9.17, 15) is 9.18 Å². The van der Waals surface area contributed by atoms with Crippen LogP contribution in [0.5, 0.6) is 5.75 Å². The number of ether oxygens (including phenoxy) is 1. The number of halogens is 1. The van der Waals surface area contributed by atoms with Gasteiger partial charge in [-0.15, -0.1) is 0 Å². The summed E-state index contributed by atoms with van der Waals surface area (Å²) in [7, 11) is 1.62. The number of rotatable bonds is 5. The molecule has 0 aliphatic carbocycles. The minimum absolute atomic E-state index is 0.0281. The predicted molar refractivity (Wildman–Crippen MR) is 95.1 cm³/mol. The number of amides is 1. The second-order valence-corrected chi connectivity index (χ2v) is 6.42. The lowest BCUT2D eigenvalue weighted by atomic mass is 9.98. The second-order valence-electron chi connectivity index (χ2n) is 6.42. The fourth-order valence-electron chi connectivity index (χ4n) is 3.13. The number of hydrogen-bond donors (Lipinski definition) is 0. The van der Waals surface area contributed by atoms with E-state index in [0.717, 1.165) is 11.3 Å². The van der Waals surface area contributed by atoms with Gasteiger partial charge >= 0.3 is 0 Å². The van der Waals surface area contributed by atoms with Crippen molar-refractivity contribution in [2.75, 3.05) is 20.2 Å². The van der Waals surface area contributed by atoms with Crippen molar-refractivity contribution in [3.8, 4) is 5.75 Å². The number of carbonyl (C=O) groups is 1. The highest BCUT2D eigenvalue weighted by Gasteiger charge is 2.36. The number of benzene rings is 2. The van der Waals surface area contributed by atoms with Crippen molar-refractivity contribution in [2.24, 2.45) is 0 Å². The van der Waals surface area contributed by atoms with Crippen LogP contribution in [0.4, 0.5) is 4.39 Å². The van der Waals surface area contributed by atoms with Crippen molar-refractivity contribution in [2.45, 2.75) is 12.3 Å². The Morgan fingerprint density at radius 2 is 1.96 bits per heavy atom. The molecule has 138 valence electrons. The Kier molecular flexibility index (Phi) is 4.58. The summed E-state index contributed by atoms with van der Waals surface area (Å²) in [6.45, 7) is 0.868. The molecule has 1 aromatic heterocycles. The molecule has 0 radical (unpaired) electrons. The average molecular weight is 367 g/mol. The van der Waals surface area contributed by atoms with Crippen molar-refractivity contribution in [1.82, 2.24) is 15.0 Å². The molecule has 6 nitrogen and oxygen atoms in total. The van der Waals surface area contributed by atoms with Gasteiger partial charge < -0.3 is 14.2 Å². The van der Waals surface area contributed by atoms with Crippen LogP contribution < -0.4 is 4.74 Å². The fourth-order valence-corrected chi connectivity index (χ4v) is 3.13. The van der Waals surface area contributed by atoms with Crippen LogP contribution in [0.3, 0.4) is 0 Å². The first-order chi connectivity index (χ1) is 13.2. The molecule has 27 heavy (non-hydrogen) atoms. The summed E-state index contributed by atoms with van der Waals surface area (Å²) >= 11 is 0. The molecule has 4 rings (SSSR count). The molecule has 1 aliphatic heterocycles. The third kappa shape index (κ3) is 3.40. The lowest BCUT2D eigenvalue weighted by Gasteiger charge is -2.37. The molecule has 0 atom stereocenters. The summed E-state index contributed by atoms with van der Waals surface area (Å²) in [5, 5.41) is 4.03. The van der Waals surface area contributed by atoms with E-state index in [1.54, 1.807) is 24.1 Å². The first-order valence-electron chi connectivity index (χ1n) is 8.64. The number of likely N-dealkylation sites (tertiary alicyclic amines) is 1. The van der Waals surface area contributed by atoms with E-state index in [0.29, 0.717) is 31.2 Å². The molecular formula is C20H18FN3O3. The van der Waals surface area contributed by atoms with Gasteiger partial charge in [0.25, 0.3) is 5.91 Å². The highest BCUT2D eigenvalue weighted by atomic mass is 19.1. The molecule has 1 amide bonds. The smallest absolute Gasteiger partial charge is 0.256 e. The molecule has 0 bridgehead atoms. The zero-order valence-corrected chi connectivity index (χ0v) is 14.8. The zero-order valence-electron chi connectivity index (χ0n) is 14.8. The minimum atomic E-state index is -0.511. The molecule has 0 unspecified atom stereocenters. The molecule has 0 N–H and O–H groups in total. The van der Waals surface area contributed by atoms with Crippen LogP contribution in [0.25, 0.3) is 0 Å². The van der Waals surface area contributed by atoms with E-state index in [-0.39, 0.29) is 17.4 Å². The van der Waals surface area contributed by atoms with Crippen molar-refractivity contribution in [1.29, 1.82) is 0 Å². The Bertz CT molecular complexity index is 966. The van der Waals surface area contributed by atoms with Gasteiger partial charge in [-0.3, -0.25) is 4.79 Å². The van der Waals surface area contributed by atoms with Crippen LogP contribution in [0, 0.1) is 5.82 Å². The summed E-state index contributed by atoms with van der Waals surface area (Å²) in [5.74, 6) is 0.973. The first kappa shape index (κ1) is 17.2. The van der Waals surface area contributed by atoms with Crippen molar-refractivity contribution >= 4 is 5.91 Å². The SMILES string of the molecule is COc1ccccc1Cc1noc(C2CN(C(=O)c3ccccc3F)C2)n1. The van der Waals surface area contributed by atoms with Gasteiger partial charge in [0.05, 0.1) is 18.6 Å². The van der Waals surface area contributed by atoms with E-state index in [1.807, 2.05) is 24.3 Å². The quantitative estimate of drug-likeness (QED) is 0.693. The summed E-state index contributed by atoms with van der Waals surface area (Å²) < 4.78 is 24.4. The van der Waals surface area contributed by atoms with Gasteiger partial charge in [0.1, 0.15) is 11.6 Å². The number of hydrogen-bond acceptors (Lipinski definition) is 5. The zero-order chi connectivity index (χ0) is 18.8. The van der Waals surface area contributed by atoms with Gasteiger partial charge in [0.15, 0.2) is 5.82 Å². The average Bonchev–Trinajstić information content (AvgIpc) is 3.09. The molecule has 0 spiro atoms. The summed E-state index contributed by atoms with van der Waals surface area (Å²) in [4.78, 5) is 18.4. The summed E-state index contributed by atoms with van der Waals surface area (Å²) in [5.41, 5.74) is 1.05. The van der Waals surface area contributed by atoms with Crippen molar-refractivity contribution in [3.05, 3.63) is 77.2 Å². The lowest BCUT2D eigenvalue weighted by Crippen LogP contribution is -2.48. The molecule has 7 heteroatoms. The summed E-state index contributed by atoms with van der Waals surface area (Å²) in [6, 6.07) is 13.6.